The van der Waals surface area contributed by atoms with Crippen molar-refractivity contribution < 1.29 is 4.74 Å². The molecule has 27 heavy (non-hydrogen) atoms. The molecular weight excluding hydrogens is 340 g/mol. The molecule has 7 nitrogen and oxygen atoms in total. The molecule has 0 aromatic carbocycles. The second kappa shape index (κ2) is 6.55. The van der Waals surface area contributed by atoms with Crippen LogP contribution in [0.15, 0.2) is 12.4 Å². The molecule has 142 valence electrons. The Morgan fingerprint density at radius 3 is 2.85 bits per heavy atom. The lowest BCUT2D eigenvalue weighted by Crippen LogP contribution is -2.15. The van der Waals surface area contributed by atoms with Crippen LogP contribution in [-0.4, -0.2) is 30.9 Å². The Morgan fingerprint density at radius 1 is 1.15 bits per heavy atom. The molecule has 0 saturated heterocycles. The van der Waals surface area contributed by atoms with Crippen molar-refractivity contribution in [2.24, 2.45) is 0 Å². The van der Waals surface area contributed by atoms with Crippen molar-refractivity contribution >= 4 is 22.7 Å². The van der Waals surface area contributed by atoms with Crippen molar-refractivity contribution in [3.05, 3.63) is 23.7 Å². The summed E-state index contributed by atoms with van der Waals surface area (Å²) < 4.78 is 10.4. The van der Waals surface area contributed by atoms with Gasteiger partial charge in [0, 0.05) is 24.3 Å². The van der Waals surface area contributed by atoms with Crippen LogP contribution in [0.25, 0.3) is 11.0 Å². The van der Waals surface area contributed by atoms with E-state index in [9.17, 15) is 0 Å². The second-order valence-corrected chi connectivity index (χ2v) is 7.77. The first-order valence-corrected chi connectivity index (χ1v) is 10.0. The van der Waals surface area contributed by atoms with Crippen LogP contribution < -0.4 is 10.1 Å². The average molecular weight is 366 g/mol. The number of nitrogens with one attached hydrogen (secondary N) is 1. The molecule has 0 spiro atoms. The van der Waals surface area contributed by atoms with Crippen LogP contribution in [0, 0.1) is 13.8 Å². The van der Waals surface area contributed by atoms with Gasteiger partial charge in [-0.3, -0.25) is 4.68 Å². The van der Waals surface area contributed by atoms with Gasteiger partial charge in [-0.25, -0.2) is 4.98 Å². The Hall–Kier alpha value is -2.57. The van der Waals surface area contributed by atoms with E-state index in [0.717, 1.165) is 35.4 Å². The van der Waals surface area contributed by atoms with Crippen LogP contribution in [0.1, 0.15) is 55.8 Å². The minimum Gasteiger partial charge on any atom is -0.475 e. The normalized spacial score (nSPS) is 18.0. The van der Waals surface area contributed by atoms with Gasteiger partial charge in [-0.1, -0.05) is 19.3 Å². The number of rotatable bonds is 1. The molecule has 2 bridgehead atoms. The van der Waals surface area contributed by atoms with E-state index in [2.05, 4.69) is 39.6 Å². The van der Waals surface area contributed by atoms with Crippen LogP contribution in [0.3, 0.4) is 0 Å². The van der Waals surface area contributed by atoms with Crippen molar-refractivity contribution in [3.63, 3.8) is 0 Å². The van der Waals surface area contributed by atoms with E-state index in [1.165, 1.54) is 37.7 Å². The number of fused-ring (bicyclic) bond motifs is 2. The zero-order chi connectivity index (χ0) is 18.4. The summed E-state index contributed by atoms with van der Waals surface area (Å²) in [6.45, 7) is 5.73. The molecule has 1 N–H and O–H groups in total. The predicted octanol–water partition coefficient (Wildman–Crippen LogP) is 4.28. The number of nitrogens with zero attached hydrogens (tertiary/aromatic N) is 5. The lowest BCUT2D eigenvalue weighted by molar-refractivity contribution is 0.275. The number of aryl methyl sites for hydroxylation is 2. The Bertz CT molecular complexity index is 982. The fourth-order valence-corrected chi connectivity index (χ4v) is 4.40. The van der Waals surface area contributed by atoms with Crippen LogP contribution in [0.4, 0.5) is 11.6 Å². The van der Waals surface area contributed by atoms with Gasteiger partial charge >= 0.3 is 0 Å². The molecule has 0 unspecified atom stereocenters. The number of hydrogen-bond acceptors (Lipinski definition) is 5. The maximum absolute atomic E-state index is 6.09. The third-order valence-electron chi connectivity index (χ3n) is 5.87. The molecular formula is C20H26N6O. The van der Waals surface area contributed by atoms with Crippen molar-refractivity contribution in [2.75, 3.05) is 11.9 Å². The van der Waals surface area contributed by atoms with Crippen LogP contribution in [0.5, 0.6) is 5.88 Å². The van der Waals surface area contributed by atoms with Gasteiger partial charge in [-0.2, -0.15) is 4.98 Å². The average Bonchev–Trinajstić information content (AvgIpc) is 3.16. The van der Waals surface area contributed by atoms with Gasteiger partial charge in [0.25, 0.3) is 5.88 Å². The lowest BCUT2D eigenvalue weighted by atomic mass is 9.95. The van der Waals surface area contributed by atoms with E-state index < -0.39 is 0 Å². The van der Waals surface area contributed by atoms with Crippen molar-refractivity contribution in [2.45, 2.75) is 65.0 Å². The fraction of sp³-hybridized carbons (Fsp3) is 0.550. The quantitative estimate of drug-likeness (QED) is 0.696. The summed E-state index contributed by atoms with van der Waals surface area (Å²) in [4.78, 5) is 9.33. The molecule has 3 aromatic heterocycles. The smallest absolute Gasteiger partial charge is 0.257 e. The molecule has 1 saturated carbocycles. The summed E-state index contributed by atoms with van der Waals surface area (Å²) in [6, 6.07) is 0.466. The molecule has 7 heteroatoms. The number of aromatic nitrogens is 5. The lowest BCUT2D eigenvalue weighted by Gasteiger charge is -2.23. The molecule has 5 rings (SSSR count). The highest BCUT2D eigenvalue weighted by Crippen LogP contribution is 2.36. The Morgan fingerprint density at radius 2 is 2.00 bits per heavy atom. The summed E-state index contributed by atoms with van der Waals surface area (Å²) in [7, 11) is 0. The maximum atomic E-state index is 6.09. The molecule has 0 amide bonds. The van der Waals surface area contributed by atoms with E-state index in [1.807, 2.05) is 6.20 Å². The van der Waals surface area contributed by atoms with Crippen LogP contribution >= 0.6 is 0 Å². The predicted molar refractivity (Wildman–Crippen MR) is 105 cm³/mol. The summed E-state index contributed by atoms with van der Waals surface area (Å²) in [5.41, 5.74) is 4.19. The molecule has 1 fully saturated rings. The molecule has 4 heterocycles. The van der Waals surface area contributed by atoms with Crippen LogP contribution in [-0.2, 0) is 6.54 Å². The first-order valence-electron chi connectivity index (χ1n) is 10.0. The summed E-state index contributed by atoms with van der Waals surface area (Å²) in [5, 5.41) is 9.34. The third kappa shape index (κ3) is 2.85. The van der Waals surface area contributed by atoms with Crippen LogP contribution in [0.2, 0.25) is 0 Å². The fourth-order valence-electron chi connectivity index (χ4n) is 4.40. The van der Waals surface area contributed by atoms with Gasteiger partial charge in [0.05, 0.1) is 18.3 Å². The van der Waals surface area contributed by atoms with E-state index in [1.54, 1.807) is 0 Å². The van der Waals surface area contributed by atoms with Gasteiger partial charge < -0.3 is 14.6 Å². The van der Waals surface area contributed by atoms with E-state index >= 15 is 0 Å². The van der Waals surface area contributed by atoms with Gasteiger partial charge in [0.1, 0.15) is 11.3 Å². The summed E-state index contributed by atoms with van der Waals surface area (Å²) in [5.74, 6) is 1.27. The summed E-state index contributed by atoms with van der Waals surface area (Å²) in [6.07, 6.45) is 11.2. The largest absolute Gasteiger partial charge is 0.475 e. The van der Waals surface area contributed by atoms with Gasteiger partial charge in [-0.15, -0.1) is 5.10 Å². The Balaban J connectivity index is 1.57. The Kier molecular flexibility index (Phi) is 4.02. The summed E-state index contributed by atoms with van der Waals surface area (Å²) >= 11 is 0. The number of anilines is 2. The van der Waals surface area contributed by atoms with E-state index in [-0.39, 0.29) is 0 Å². The Labute approximate surface area is 158 Å². The highest BCUT2D eigenvalue weighted by molar-refractivity contribution is 5.81. The monoisotopic (exact) mass is 366 g/mol. The van der Waals surface area contributed by atoms with Gasteiger partial charge in [0.2, 0.25) is 5.95 Å². The topological polar surface area (TPSA) is 69.8 Å². The molecule has 0 radical (unpaired) electrons. The SMILES string of the molecule is Cc1cn2c3nc(ncc13)Nc1c(nn(C3CCCCC3)c1C)OCCC2. The number of hydrogen-bond donors (Lipinski definition) is 1. The minimum absolute atomic E-state index is 0.466. The second-order valence-electron chi connectivity index (χ2n) is 7.77. The van der Waals surface area contributed by atoms with Crippen molar-refractivity contribution in [3.8, 4) is 5.88 Å². The molecule has 1 aliphatic carbocycles. The first kappa shape index (κ1) is 16.6. The molecule has 3 aromatic rings. The zero-order valence-corrected chi connectivity index (χ0v) is 16.0. The highest BCUT2D eigenvalue weighted by Gasteiger charge is 2.24. The third-order valence-corrected chi connectivity index (χ3v) is 5.87. The maximum Gasteiger partial charge on any atom is 0.257 e. The highest BCUT2D eigenvalue weighted by atomic mass is 16.5. The van der Waals surface area contributed by atoms with E-state index in [4.69, 9.17) is 14.8 Å². The van der Waals surface area contributed by atoms with E-state index in [0.29, 0.717) is 24.5 Å². The van der Waals surface area contributed by atoms with Crippen molar-refractivity contribution in [1.29, 1.82) is 0 Å². The molecule has 0 atom stereocenters. The molecule has 2 aliphatic rings. The standard InChI is InChI=1S/C20H26N6O/c1-13-12-25-9-6-10-27-19-17(22-20-21-11-16(13)18(25)23-20)14(2)26(24-19)15-7-4-3-5-8-15/h11-12,15H,3-10H2,1-2H3,(H,21,22,23). The van der Waals surface area contributed by atoms with Crippen molar-refractivity contribution in [1.82, 2.24) is 24.3 Å². The van der Waals surface area contributed by atoms with Gasteiger partial charge in [0.15, 0.2) is 0 Å². The molecule has 1 aliphatic heterocycles. The van der Waals surface area contributed by atoms with Gasteiger partial charge in [-0.05, 0) is 38.7 Å². The zero-order valence-electron chi connectivity index (χ0n) is 16.0. The minimum atomic E-state index is 0.466. The first-order chi connectivity index (χ1) is 13.2. The number of ether oxygens (including phenoxy) is 1.